The van der Waals surface area contributed by atoms with E-state index in [0.29, 0.717) is 5.15 Å². The summed E-state index contributed by atoms with van der Waals surface area (Å²) in [5, 5.41) is 0.436. The Balaban J connectivity index is 2.68. The Morgan fingerprint density at radius 3 is 2.92 bits per heavy atom. The van der Waals surface area contributed by atoms with Gasteiger partial charge in [0.25, 0.3) is 0 Å². The second-order valence-electron chi connectivity index (χ2n) is 2.55. The Labute approximate surface area is 85.3 Å². The van der Waals surface area contributed by atoms with Gasteiger partial charge >= 0.3 is 0 Å². The van der Waals surface area contributed by atoms with Gasteiger partial charge in [0.15, 0.2) is 0 Å². The molecule has 0 saturated carbocycles. The van der Waals surface area contributed by atoms with Gasteiger partial charge in [0, 0.05) is 4.90 Å². The second kappa shape index (κ2) is 3.52. The lowest BCUT2D eigenvalue weighted by Gasteiger charge is -1.99. The van der Waals surface area contributed by atoms with Gasteiger partial charge in [-0.3, -0.25) is 4.98 Å². The minimum atomic E-state index is 0.436. The van der Waals surface area contributed by atoms with Crippen molar-refractivity contribution in [3.63, 3.8) is 0 Å². The molecule has 0 spiro atoms. The van der Waals surface area contributed by atoms with Crippen molar-refractivity contribution in [1.82, 2.24) is 9.97 Å². The Morgan fingerprint density at radius 2 is 2.15 bits per heavy atom. The zero-order chi connectivity index (χ0) is 9.26. The average molecular weight is 211 g/mol. The van der Waals surface area contributed by atoms with E-state index in [9.17, 15) is 0 Å². The van der Waals surface area contributed by atoms with E-state index in [0.717, 1.165) is 11.0 Å². The minimum absolute atomic E-state index is 0.436. The van der Waals surface area contributed by atoms with Gasteiger partial charge in [0.2, 0.25) is 0 Å². The lowest BCUT2D eigenvalue weighted by atomic mass is 10.3. The van der Waals surface area contributed by atoms with Crippen LogP contribution in [-0.4, -0.2) is 16.2 Å². The first kappa shape index (κ1) is 8.78. The van der Waals surface area contributed by atoms with E-state index < -0.39 is 0 Å². The molecule has 13 heavy (non-hydrogen) atoms. The second-order valence-corrected chi connectivity index (χ2v) is 3.81. The largest absolute Gasteiger partial charge is 0.251 e. The van der Waals surface area contributed by atoms with Crippen LogP contribution in [0.3, 0.4) is 0 Å². The van der Waals surface area contributed by atoms with Crippen LogP contribution in [0.15, 0.2) is 29.3 Å². The monoisotopic (exact) mass is 210 g/mol. The van der Waals surface area contributed by atoms with Gasteiger partial charge in [-0.15, -0.1) is 11.8 Å². The maximum Gasteiger partial charge on any atom is 0.148 e. The first-order chi connectivity index (χ1) is 6.29. The number of hydrogen-bond donors (Lipinski definition) is 0. The quantitative estimate of drug-likeness (QED) is 0.677. The molecule has 1 aromatic carbocycles. The Kier molecular flexibility index (Phi) is 2.38. The molecule has 0 atom stereocenters. The van der Waals surface area contributed by atoms with Gasteiger partial charge in [0.05, 0.1) is 17.2 Å². The van der Waals surface area contributed by atoms with Gasteiger partial charge in [0.1, 0.15) is 5.15 Å². The zero-order valence-electron chi connectivity index (χ0n) is 6.99. The van der Waals surface area contributed by atoms with E-state index in [-0.39, 0.29) is 0 Å². The standard InChI is InChI=1S/C9H7ClN2S/c1-13-6-2-3-7-8(4-6)12-9(10)5-11-7/h2-5H,1H3. The number of halogens is 1. The van der Waals surface area contributed by atoms with Crippen molar-refractivity contribution in [3.05, 3.63) is 29.5 Å². The summed E-state index contributed by atoms with van der Waals surface area (Å²) >= 11 is 7.41. The van der Waals surface area contributed by atoms with E-state index in [4.69, 9.17) is 11.6 Å². The third-order valence-corrected chi connectivity index (χ3v) is 2.63. The third kappa shape index (κ3) is 1.76. The lowest BCUT2D eigenvalue weighted by Crippen LogP contribution is -1.83. The predicted molar refractivity (Wildman–Crippen MR) is 56.3 cm³/mol. The first-order valence-corrected chi connectivity index (χ1v) is 5.36. The summed E-state index contributed by atoms with van der Waals surface area (Å²) in [5.74, 6) is 0. The van der Waals surface area contributed by atoms with Crippen LogP contribution in [0, 0.1) is 0 Å². The molecular formula is C9H7ClN2S. The molecule has 0 amide bonds. The highest BCUT2D eigenvalue weighted by molar-refractivity contribution is 7.98. The number of aromatic nitrogens is 2. The van der Waals surface area contributed by atoms with Crippen LogP contribution < -0.4 is 0 Å². The van der Waals surface area contributed by atoms with Crippen molar-refractivity contribution < 1.29 is 0 Å². The summed E-state index contributed by atoms with van der Waals surface area (Å²) in [5.41, 5.74) is 1.72. The third-order valence-electron chi connectivity index (χ3n) is 1.72. The van der Waals surface area contributed by atoms with Gasteiger partial charge in [-0.25, -0.2) is 4.98 Å². The van der Waals surface area contributed by atoms with Gasteiger partial charge in [-0.05, 0) is 24.5 Å². The molecule has 0 aliphatic heterocycles. The van der Waals surface area contributed by atoms with E-state index in [1.165, 1.54) is 4.90 Å². The molecule has 0 bridgehead atoms. The van der Waals surface area contributed by atoms with Crippen LogP contribution in [0.2, 0.25) is 5.15 Å². The molecule has 0 aliphatic rings. The number of thioether (sulfide) groups is 1. The molecule has 1 heterocycles. The number of hydrogen-bond acceptors (Lipinski definition) is 3. The van der Waals surface area contributed by atoms with Gasteiger partial charge in [-0.2, -0.15) is 0 Å². The SMILES string of the molecule is CSc1ccc2ncc(Cl)nc2c1. The van der Waals surface area contributed by atoms with E-state index in [1.807, 2.05) is 24.5 Å². The fourth-order valence-electron chi connectivity index (χ4n) is 1.10. The zero-order valence-corrected chi connectivity index (χ0v) is 8.56. The summed E-state index contributed by atoms with van der Waals surface area (Å²) in [6.45, 7) is 0. The van der Waals surface area contributed by atoms with Crippen LogP contribution >= 0.6 is 23.4 Å². The predicted octanol–water partition coefficient (Wildman–Crippen LogP) is 3.01. The van der Waals surface area contributed by atoms with Crippen LogP contribution in [0.25, 0.3) is 11.0 Å². The molecule has 2 nitrogen and oxygen atoms in total. The van der Waals surface area contributed by atoms with Crippen LogP contribution in [0.5, 0.6) is 0 Å². The highest BCUT2D eigenvalue weighted by Crippen LogP contribution is 2.20. The van der Waals surface area contributed by atoms with Crippen molar-refractivity contribution in [2.45, 2.75) is 4.90 Å². The molecule has 2 aromatic rings. The van der Waals surface area contributed by atoms with Gasteiger partial charge < -0.3 is 0 Å². The number of nitrogens with zero attached hydrogens (tertiary/aromatic N) is 2. The molecule has 1 aromatic heterocycles. The maximum atomic E-state index is 5.73. The fraction of sp³-hybridized carbons (Fsp3) is 0.111. The van der Waals surface area contributed by atoms with Crippen molar-refractivity contribution in [2.75, 3.05) is 6.26 Å². The van der Waals surface area contributed by atoms with Crippen molar-refractivity contribution >= 4 is 34.4 Å². The molecule has 0 aliphatic carbocycles. The summed E-state index contributed by atoms with van der Waals surface area (Å²) in [4.78, 5) is 9.50. The summed E-state index contributed by atoms with van der Waals surface area (Å²) in [7, 11) is 0. The molecule has 0 unspecified atom stereocenters. The maximum absolute atomic E-state index is 5.73. The van der Waals surface area contributed by atoms with Crippen molar-refractivity contribution in [1.29, 1.82) is 0 Å². The Hall–Kier alpha value is -0.800. The van der Waals surface area contributed by atoms with Crippen molar-refractivity contribution in [2.24, 2.45) is 0 Å². The number of benzene rings is 1. The molecule has 0 fully saturated rings. The van der Waals surface area contributed by atoms with Gasteiger partial charge in [-0.1, -0.05) is 11.6 Å². The molecule has 0 saturated heterocycles. The Bertz CT molecular complexity index is 445. The first-order valence-electron chi connectivity index (χ1n) is 3.76. The molecule has 0 N–H and O–H groups in total. The lowest BCUT2D eigenvalue weighted by molar-refractivity contribution is 1.28. The number of fused-ring (bicyclic) bond motifs is 1. The smallest absolute Gasteiger partial charge is 0.148 e. The van der Waals surface area contributed by atoms with Crippen LogP contribution in [-0.2, 0) is 0 Å². The van der Waals surface area contributed by atoms with E-state index in [2.05, 4.69) is 9.97 Å². The highest BCUT2D eigenvalue weighted by atomic mass is 35.5. The molecule has 4 heteroatoms. The fourth-order valence-corrected chi connectivity index (χ4v) is 1.67. The summed E-state index contributed by atoms with van der Waals surface area (Å²) in [6, 6.07) is 5.96. The van der Waals surface area contributed by atoms with Crippen LogP contribution in [0.4, 0.5) is 0 Å². The summed E-state index contributed by atoms with van der Waals surface area (Å²) < 4.78 is 0. The highest BCUT2D eigenvalue weighted by Gasteiger charge is 1.98. The summed E-state index contributed by atoms with van der Waals surface area (Å²) in [6.07, 6.45) is 3.59. The number of rotatable bonds is 1. The Morgan fingerprint density at radius 1 is 1.31 bits per heavy atom. The molecule has 0 radical (unpaired) electrons. The van der Waals surface area contributed by atoms with Crippen LogP contribution in [0.1, 0.15) is 0 Å². The average Bonchev–Trinajstić information content (AvgIpc) is 2.16. The molecule has 66 valence electrons. The van der Waals surface area contributed by atoms with E-state index in [1.54, 1.807) is 18.0 Å². The normalized spacial score (nSPS) is 10.6. The molecular weight excluding hydrogens is 204 g/mol. The minimum Gasteiger partial charge on any atom is -0.251 e. The molecule has 2 rings (SSSR count). The van der Waals surface area contributed by atoms with E-state index >= 15 is 0 Å². The topological polar surface area (TPSA) is 25.8 Å². The van der Waals surface area contributed by atoms with Crippen molar-refractivity contribution in [3.8, 4) is 0 Å².